The highest BCUT2D eigenvalue weighted by Gasteiger charge is 2.07. The molecule has 2 heterocycles. The van der Waals surface area contributed by atoms with Crippen LogP contribution in [-0.4, -0.2) is 15.2 Å². The van der Waals surface area contributed by atoms with Crippen molar-refractivity contribution in [2.24, 2.45) is 0 Å². The molecule has 1 atom stereocenters. The Hall–Kier alpha value is -2.36. The number of H-pyrrole nitrogens is 1. The number of aromatic amines is 1. The fourth-order valence-corrected chi connectivity index (χ4v) is 1.70. The van der Waals surface area contributed by atoms with Crippen molar-refractivity contribution >= 4 is 5.82 Å². The molecule has 2 aromatic rings. The highest BCUT2D eigenvalue weighted by Crippen LogP contribution is 2.24. The first kappa shape index (κ1) is 24.9. The number of hydrogen-bond acceptors (Lipinski definition) is 3. The second kappa shape index (κ2) is 16.5. The van der Waals surface area contributed by atoms with Gasteiger partial charge in [0.15, 0.2) is 0 Å². The molecule has 0 amide bonds. The Labute approximate surface area is 154 Å². The molecule has 0 bridgehead atoms. The van der Waals surface area contributed by atoms with Crippen molar-refractivity contribution in [1.82, 2.24) is 15.2 Å². The molecule has 0 aliphatic rings. The first-order valence-corrected chi connectivity index (χ1v) is 9.18. The Kier molecular flexibility index (Phi) is 16.4. The van der Waals surface area contributed by atoms with E-state index in [1.165, 1.54) is 6.42 Å². The zero-order valence-electron chi connectivity index (χ0n) is 17.0. The molecule has 2 aromatic heterocycles. The molecule has 0 aromatic carbocycles. The maximum atomic E-state index is 5.77. The number of nitrogens with two attached hydrogens (primary N) is 1. The van der Waals surface area contributed by atoms with Crippen LogP contribution < -0.4 is 5.73 Å². The molecule has 0 aliphatic heterocycles. The molecular formula is C21H36N4. The van der Waals surface area contributed by atoms with Gasteiger partial charge in [-0.2, -0.15) is 5.10 Å². The number of pyridine rings is 1. The minimum atomic E-state index is 0.263. The third kappa shape index (κ3) is 9.50. The normalized spacial score (nSPS) is 10.4. The van der Waals surface area contributed by atoms with Gasteiger partial charge in [-0.05, 0) is 6.07 Å². The molecule has 140 valence electrons. The molecule has 4 nitrogen and oxygen atoms in total. The van der Waals surface area contributed by atoms with E-state index in [2.05, 4.69) is 48.6 Å². The molecule has 0 saturated carbocycles. The van der Waals surface area contributed by atoms with E-state index in [1.807, 2.05) is 52.1 Å². The Balaban J connectivity index is 0. The van der Waals surface area contributed by atoms with Crippen molar-refractivity contribution in [3.8, 4) is 11.1 Å². The van der Waals surface area contributed by atoms with E-state index >= 15 is 0 Å². The van der Waals surface area contributed by atoms with Crippen LogP contribution in [0, 0.1) is 0 Å². The van der Waals surface area contributed by atoms with E-state index in [1.54, 1.807) is 12.3 Å². The van der Waals surface area contributed by atoms with Gasteiger partial charge in [-0.3, -0.25) is 10.1 Å². The zero-order valence-corrected chi connectivity index (χ0v) is 17.0. The molecule has 3 N–H and O–H groups in total. The van der Waals surface area contributed by atoms with Gasteiger partial charge in [0.05, 0.1) is 6.20 Å². The fourth-order valence-electron chi connectivity index (χ4n) is 1.70. The lowest BCUT2D eigenvalue weighted by atomic mass is 10.0. The quantitative estimate of drug-likeness (QED) is 0.633. The molecule has 0 radical (unpaired) electrons. The summed E-state index contributed by atoms with van der Waals surface area (Å²) >= 11 is 0. The Bertz CT molecular complexity index is 568. The van der Waals surface area contributed by atoms with Gasteiger partial charge in [0.2, 0.25) is 0 Å². The van der Waals surface area contributed by atoms with Crippen molar-refractivity contribution < 1.29 is 0 Å². The number of nitrogen functional groups attached to an aromatic ring is 1. The molecule has 0 saturated heterocycles. The lowest BCUT2D eigenvalue weighted by Gasteiger charge is -2.06. The van der Waals surface area contributed by atoms with Crippen molar-refractivity contribution in [3.05, 3.63) is 55.0 Å². The summed E-state index contributed by atoms with van der Waals surface area (Å²) in [4.78, 5) is 4.45. The Morgan fingerprint density at radius 1 is 1.16 bits per heavy atom. The van der Waals surface area contributed by atoms with Crippen LogP contribution in [0.4, 0.5) is 5.82 Å². The Morgan fingerprint density at radius 2 is 1.76 bits per heavy atom. The number of nitrogens with zero attached hydrogens (tertiary/aromatic N) is 2. The largest absolute Gasteiger partial charge is 0.384 e. The topological polar surface area (TPSA) is 67.6 Å². The van der Waals surface area contributed by atoms with Crippen LogP contribution in [0.2, 0.25) is 0 Å². The monoisotopic (exact) mass is 344 g/mol. The van der Waals surface area contributed by atoms with E-state index < -0.39 is 0 Å². The first-order valence-electron chi connectivity index (χ1n) is 9.18. The number of anilines is 1. The summed E-state index contributed by atoms with van der Waals surface area (Å²) in [6.45, 7) is 18.0. The highest BCUT2D eigenvalue weighted by molar-refractivity contribution is 5.72. The number of hydrogen-bond donors (Lipinski definition) is 2. The summed E-state index contributed by atoms with van der Waals surface area (Å²) in [5, 5.41) is 6.61. The average Bonchev–Trinajstić information content (AvgIpc) is 3.10. The van der Waals surface area contributed by atoms with Crippen molar-refractivity contribution in [2.75, 3.05) is 5.73 Å². The van der Waals surface area contributed by atoms with E-state index in [4.69, 9.17) is 5.73 Å². The van der Waals surface area contributed by atoms with Gasteiger partial charge in [-0.15, -0.1) is 0 Å². The van der Waals surface area contributed by atoms with Crippen LogP contribution >= 0.6 is 0 Å². The molecule has 1 unspecified atom stereocenters. The first-order chi connectivity index (χ1) is 12.1. The number of nitrogens with one attached hydrogen (secondary N) is 1. The van der Waals surface area contributed by atoms with E-state index in [9.17, 15) is 0 Å². The second-order valence-corrected chi connectivity index (χ2v) is 4.79. The van der Waals surface area contributed by atoms with E-state index in [0.717, 1.165) is 16.8 Å². The fraction of sp³-hybridized carbons (Fsp3) is 0.429. The smallest absolute Gasteiger partial charge is 0.126 e. The summed E-state index contributed by atoms with van der Waals surface area (Å²) in [7, 11) is 0. The van der Waals surface area contributed by atoms with Crippen LogP contribution in [0.5, 0.6) is 0 Å². The van der Waals surface area contributed by atoms with Crippen molar-refractivity contribution in [2.45, 2.75) is 60.8 Å². The number of allylic oxidation sites excluding steroid dienone is 3. The van der Waals surface area contributed by atoms with Crippen LogP contribution in [0.15, 0.2) is 49.3 Å². The standard InChI is InChI=1S/C14H16N4.C3H8.2C2H6/c1-3-4-5-10(2)13-7-6-11(8-16-13)12-9-17-18-14(12)15;1-3-2;2*1-2/h3-10H,1H2,2H3,(H3,15,17,18);3H2,1-2H3;2*1-2H3/b5-4-;;;. The summed E-state index contributed by atoms with van der Waals surface area (Å²) in [5.74, 6) is 0.822. The highest BCUT2D eigenvalue weighted by atomic mass is 15.1. The second-order valence-electron chi connectivity index (χ2n) is 4.79. The maximum absolute atomic E-state index is 5.77. The van der Waals surface area contributed by atoms with Gasteiger partial charge in [0, 0.05) is 28.9 Å². The summed E-state index contributed by atoms with van der Waals surface area (Å²) in [6, 6.07) is 4.00. The molecule has 0 fully saturated rings. The van der Waals surface area contributed by atoms with E-state index in [0.29, 0.717) is 5.82 Å². The SMILES string of the molecule is C=C/C=C\C(C)c1ccc(-c2cn[nH]c2N)cn1.CC.CC.CCC. The lowest BCUT2D eigenvalue weighted by Crippen LogP contribution is -1.94. The molecule has 0 spiro atoms. The minimum absolute atomic E-state index is 0.263. The summed E-state index contributed by atoms with van der Waals surface area (Å²) in [5.41, 5.74) is 8.62. The molecule has 4 heteroatoms. The average molecular weight is 345 g/mol. The molecule has 25 heavy (non-hydrogen) atoms. The van der Waals surface area contributed by atoms with Crippen LogP contribution in [0.25, 0.3) is 11.1 Å². The van der Waals surface area contributed by atoms with Crippen LogP contribution in [0.3, 0.4) is 0 Å². The van der Waals surface area contributed by atoms with Gasteiger partial charge in [0.25, 0.3) is 0 Å². The van der Waals surface area contributed by atoms with Gasteiger partial charge in [0.1, 0.15) is 5.82 Å². The predicted molar refractivity (Wildman–Crippen MR) is 113 cm³/mol. The van der Waals surface area contributed by atoms with Crippen LogP contribution in [-0.2, 0) is 0 Å². The van der Waals surface area contributed by atoms with E-state index in [-0.39, 0.29) is 5.92 Å². The zero-order chi connectivity index (χ0) is 19.7. The Morgan fingerprint density at radius 3 is 2.16 bits per heavy atom. The van der Waals surface area contributed by atoms with Gasteiger partial charge >= 0.3 is 0 Å². The molecular weight excluding hydrogens is 308 g/mol. The number of aromatic nitrogens is 3. The molecule has 2 rings (SSSR count). The van der Waals surface area contributed by atoms with Crippen molar-refractivity contribution in [3.63, 3.8) is 0 Å². The van der Waals surface area contributed by atoms with Crippen LogP contribution in [0.1, 0.15) is 66.5 Å². The third-order valence-electron chi connectivity index (χ3n) is 2.77. The third-order valence-corrected chi connectivity index (χ3v) is 2.77. The summed E-state index contributed by atoms with van der Waals surface area (Å²) < 4.78 is 0. The van der Waals surface area contributed by atoms with Gasteiger partial charge in [-0.25, -0.2) is 0 Å². The summed E-state index contributed by atoms with van der Waals surface area (Å²) in [6.07, 6.45) is 10.5. The number of rotatable bonds is 4. The van der Waals surface area contributed by atoms with Gasteiger partial charge in [-0.1, -0.05) is 85.8 Å². The maximum Gasteiger partial charge on any atom is 0.126 e. The minimum Gasteiger partial charge on any atom is -0.384 e. The predicted octanol–water partition coefficient (Wildman–Crippen LogP) is 6.37. The molecule has 0 aliphatic carbocycles. The lowest BCUT2D eigenvalue weighted by molar-refractivity contribution is 0.907. The van der Waals surface area contributed by atoms with Crippen molar-refractivity contribution in [1.29, 1.82) is 0 Å². The van der Waals surface area contributed by atoms with Gasteiger partial charge < -0.3 is 5.73 Å².